The zero-order valence-electron chi connectivity index (χ0n) is 10.9. The fourth-order valence-electron chi connectivity index (χ4n) is 0.493. The molecule has 1 aromatic rings. The minimum atomic E-state index is 0. The van der Waals surface area contributed by atoms with Crippen LogP contribution in [-0.4, -0.2) is 19.9 Å². The van der Waals surface area contributed by atoms with Crippen LogP contribution in [0.1, 0.15) is 47.6 Å². The van der Waals surface area contributed by atoms with Crippen LogP contribution in [0.3, 0.4) is 0 Å². The van der Waals surface area contributed by atoms with Gasteiger partial charge in [0.1, 0.15) is 0 Å². The maximum absolute atomic E-state index is 7.63. The van der Waals surface area contributed by atoms with Crippen molar-refractivity contribution in [1.29, 1.82) is 0 Å². The molecular formula is C9H23N3OPUW+. The minimum Gasteiger partial charge on any atom is 0 e. The van der Waals surface area contributed by atoms with Gasteiger partial charge in [0.2, 0.25) is 0 Å². The zero-order chi connectivity index (χ0) is 12.7. The normalized spacial score (nSPS) is 7.25. The van der Waals surface area contributed by atoms with E-state index in [1.807, 2.05) is 33.9 Å². The quantitative estimate of drug-likeness (QED) is 0.480. The van der Waals surface area contributed by atoms with E-state index in [1.54, 1.807) is 10.9 Å². The maximum Gasteiger partial charge on any atom is 0 e. The van der Waals surface area contributed by atoms with Crippen LogP contribution in [0.5, 0.6) is 0 Å². The van der Waals surface area contributed by atoms with Gasteiger partial charge in [-0.15, -0.1) is 5.10 Å². The molecule has 0 saturated carbocycles. The molecule has 0 aromatic carbocycles. The first kappa shape index (κ1) is 25.9. The summed E-state index contributed by atoms with van der Waals surface area (Å²) < 4.78 is 1.81. The van der Waals surface area contributed by atoms with E-state index in [9.17, 15) is 0 Å². The number of hydrogen-bond donors (Lipinski definition) is 1. The van der Waals surface area contributed by atoms with Gasteiger partial charge in [0, 0.05) is 43.4 Å². The monoisotopic (exact) mass is 642 g/mol. The van der Waals surface area contributed by atoms with Crippen molar-refractivity contribution < 1.29 is 54.8 Å². The average molecular weight is 642 g/mol. The zero-order valence-corrected chi connectivity index (χ0v) is 19.0. The van der Waals surface area contributed by atoms with Crippen molar-refractivity contribution in [2.45, 2.75) is 47.6 Å². The Bertz CT molecular complexity index is 199. The fourth-order valence-corrected chi connectivity index (χ4v) is 0.493. The number of nitrogens with zero attached hydrogens (tertiary/aromatic N) is 3. The van der Waals surface area contributed by atoms with E-state index in [2.05, 4.69) is 24.2 Å². The number of rotatable bonds is 1. The van der Waals surface area contributed by atoms with E-state index in [-0.39, 0.29) is 37.6 Å². The van der Waals surface area contributed by atoms with E-state index in [0.29, 0.717) is 6.04 Å². The molecule has 1 atom stereocenters. The van der Waals surface area contributed by atoms with Crippen molar-refractivity contribution in [3.63, 3.8) is 0 Å². The van der Waals surface area contributed by atoms with Gasteiger partial charge in [0.25, 0.3) is 0 Å². The largest absolute Gasteiger partial charge is 0 e. The van der Waals surface area contributed by atoms with Crippen molar-refractivity contribution in [3.05, 3.63) is 12.4 Å². The minimum absolute atomic E-state index is 0. The number of aromatic nitrogens is 3. The Morgan fingerprint density at radius 3 is 1.75 bits per heavy atom. The van der Waals surface area contributed by atoms with Crippen LogP contribution in [0.25, 0.3) is 0 Å². The third-order valence-electron chi connectivity index (χ3n) is 0.970. The van der Waals surface area contributed by atoms with Crippen molar-refractivity contribution in [1.82, 2.24) is 15.0 Å². The molecule has 16 heavy (non-hydrogen) atoms. The van der Waals surface area contributed by atoms with Gasteiger partial charge in [-0.3, -0.25) is 4.68 Å². The molecule has 0 aliphatic rings. The molecule has 1 rings (SSSR count). The molecule has 94 valence electrons. The summed E-state index contributed by atoms with van der Waals surface area (Å²) in [6, 6.07) is 0.428. The molecular weight excluding hydrogens is 619 g/mol. The molecule has 0 spiro atoms. The van der Waals surface area contributed by atoms with Crippen LogP contribution in [0.15, 0.2) is 12.4 Å². The molecule has 0 fully saturated rings. The summed E-state index contributed by atoms with van der Waals surface area (Å²) in [5, 5.41) is 7.44. The molecule has 0 radical (unpaired) electrons. The summed E-state index contributed by atoms with van der Waals surface area (Å²) in [4.78, 5) is 7.63. The fraction of sp³-hybridized carbons (Fsp3) is 0.778. The summed E-state index contributed by atoms with van der Waals surface area (Å²) in [7, 11) is 0. The Kier molecular flexibility index (Phi) is 40.6. The Morgan fingerprint density at radius 2 is 1.62 bits per heavy atom. The van der Waals surface area contributed by atoms with Gasteiger partial charge in [-0.25, -0.2) is 0 Å². The van der Waals surface area contributed by atoms with Crippen molar-refractivity contribution in [2.24, 2.45) is 0 Å². The van der Waals surface area contributed by atoms with Crippen LogP contribution in [0, 0.1) is 31.1 Å². The molecule has 0 bridgehead atoms. The summed E-state index contributed by atoms with van der Waals surface area (Å²) >= 11 is 1.25. The van der Waals surface area contributed by atoms with E-state index in [4.69, 9.17) is 4.89 Å². The third-order valence-corrected chi connectivity index (χ3v) is 0.970. The van der Waals surface area contributed by atoms with E-state index in [1.165, 1.54) is 18.8 Å². The second kappa shape index (κ2) is 25.1. The summed E-state index contributed by atoms with van der Waals surface area (Å²) in [5.41, 5.74) is 0. The standard InChI is InChI=1S/C5H9N3.2C2H6.H2OP.U.W/c1-5(2)8-4-3-6-7-8;3*1-2;;/h3-5H,1-2H3;2*1-2H3;1-2H;;/q;;;-1;;+2. The van der Waals surface area contributed by atoms with Gasteiger partial charge in [-0.1, -0.05) is 32.9 Å². The van der Waals surface area contributed by atoms with Crippen LogP contribution < -0.4 is 0 Å². The van der Waals surface area contributed by atoms with Crippen molar-refractivity contribution >= 4 is 6.44 Å². The molecule has 0 amide bonds. The van der Waals surface area contributed by atoms with Gasteiger partial charge in [0.15, 0.2) is 0 Å². The molecule has 7 heteroatoms. The van der Waals surface area contributed by atoms with Crippen LogP contribution >= 0.6 is 6.44 Å². The molecule has 1 unspecified atom stereocenters. The first-order chi connectivity index (χ1) is 7.22. The third kappa shape index (κ3) is 20.5. The maximum atomic E-state index is 7.63. The second-order valence-electron chi connectivity index (χ2n) is 2.07. The molecule has 4 nitrogen and oxygen atoms in total. The molecule has 0 saturated heterocycles. The number of hydrogen-bond acceptors (Lipinski definition) is 3. The van der Waals surface area contributed by atoms with Crippen LogP contribution in [0.4, 0.5) is 0 Å². The van der Waals surface area contributed by atoms with Gasteiger partial charge in [-0.05, 0) is 13.8 Å². The molecule has 0 aliphatic carbocycles. The predicted molar refractivity (Wildman–Crippen MR) is 63.6 cm³/mol. The Balaban J connectivity index is -0.0000000778. The van der Waals surface area contributed by atoms with Gasteiger partial charge in [0.05, 0.1) is 6.20 Å². The van der Waals surface area contributed by atoms with E-state index >= 15 is 0 Å². The van der Waals surface area contributed by atoms with Crippen LogP contribution in [-0.2, 0) is 18.8 Å². The summed E-state index contributed by atoms with van der Waals surface area (Å²) in [6.45, 7) is 12.1. The van der Waals surface area contributed by atoms with Crippen molar-refractivity contribution in [2.75, 3.05) is 0 Å². The van der Waals surface area contributed by atoms with Gasteiger partial charge >= 0.3 is 30.1 Å². The predicted octanol–water partition coefficient (Wildman–Crippen LogP) is 2.95. The average Bonchev–Trinajstić information content (AvgIpc) is 2.78. The van der Waals surface area contributed by atoms with Gasteiger partial charge < -0.3 is 0 Å². The summed E-state index contributed by atoms with van der Waals surface area (Å²) in [6.07, 6.45) is 3.70. The first-order valence-electron chi connectivity index (χ1n) is 5.09. The SMILES string of the molecule is CC.CC.CC(C)n1ccnn1.O[PH+]=[W].[U]. The molecule has 1 aromatic heterocycles. The summed E-state index contributed by atoms with van der Waals surface area (Å²) in [5.74, 6) is 0. The Morgan fingerprint density at radius 1 is 1.25 bits per heavy atom. The molecule has 1 N–H and O–H groups in total. The smallest absolute Gasteiger partial charge is 0 e. The van der Waals surface area contributed by atoms with Crippen molar-refractivity contribution in [3.8, 4) is 0 Å². The molecule has 0 aliphatic heterocycles. The topological polar surface area (TPSA) is 50.9 Å². The van der Waals surface area contributed by atoms with Gasteiger partial charge in [-0.2, -0.15) is 0 Å². The first-order valence-corrected chi connectivity index (χ1v) is 10.3. The second-order valence-corrected chi connectivity index (χ2v) is 4.22. The molecule has 1 heterocycles. The van der Waals surface area contributed by atoms with E-state index < -0.39 is 0 Å². The van der Waals surface area contributed by atoms with E-state index in [0.717, 1.165) is 0 Å². The Labute approximate surface area is 135 Å². The Hall–Kier alpha value is 1.14. The van der Waals surface area contributed by atoms with Crippen LogP contribution in [0.2, 0.25) is 0 Å².